The Labute approximate surface area is 69.0 Å². The van der Waals surface area contributed by atoms with E-state index in [2.05, 4.69) is 5.32 Å². The van der Waals surface area contributed by atoms with Crippen LogP contribution in [0, 0.1) is 11.3 Å². The Kier molecular flexibility index (Phi) is 4.41. The van der Waals surface area contributed by atoms with Crippen molar-refractivity contribution < 1.29 is 14.7 Å². The molecule has 4 N–H and O–H groups in total. The predicted octanol–water partition coefficient (Wildman–Crippen LogP) is -1.57. The molecule has 0 bridgehead atoms. The van der Waals surface area contributed by atoms with Gasteiger partial charge in [-0.05, 0) is 0 Å². The molecule has 0 saturated carbocycles. The number of carbonyl (C=O) groups excluding carboxylic acids is 1. The Bertz CT molecular complexity index is 221. The maximum absolute atomic E-state index is 10.8. The molecule has 0 spiro atoms. The molecule has 0 heterocycles. The van der Waals surface area contributed by atoms with Crippen molar-refractivity contribution in [1.29, 1.82) is 5.26 Å². The quantitative estimate of drug-likeness (QED) is 0.472. The highest BCUT2D eigenvalue weighted by Gasteiger charge is 2.12. The number of carboxylic acids is 1. The van der Waals surface area contributed by atoms with Gasteiger partial charge < -0.3 is 16.2 Å². The Morgan fingerprint density at radius 2 is 2.25 bits per heavy atom. The second-order valence-corrected chi connectivity index (χ2v) is 2.08. The molecule has 0 unspecified atom stereocenters. The van der Waals surface area contributed by atoms with Crippen LogP contribution in [0.4, 0.5) is 0 Å². The van der Waals surface area contributed by atoms with E-state index in [1.807, 2.05) is 0 Å². The SMILES string of the molecule is N#CC[C@H](N)C(=O)NCC(=O)O. The van der Waals surface area contributed by atoms with Crippen molar-refractivity contribution >= 4 is 11.9 Å². The first-order valence-corrected chi connectivity index (χ1v) is 3.20. The third-order valence-corrected chi connectivity index (χ3v) is 1.06. The maximum atomic E-state index is 10.8. The standard InChI is InChI=1S/C6H9N3O3/c7-2-1-4(8)6(12)9-3-5(10)11/h4H,1,3,8H2,(H,9,12)(H,10,11)/t4-/m0/s1. The van der Waals surface area contributed by atoms with E-state index in [0.29, 0.717) is 0 Å². The number of nitrogens with zero attached hydrogens (tertiary/aromatic N) is 1. The fraction of sp³-hybridized carbons (Fsp3) is 0.500. The van der Waals surface area contributed by atoms with Gasteiger partial charge in [0, 0.05) is 0 Å². The van der Waals surface area contributed by atoms with E-state index in [0.717, 1.165) is 0 Å². The van der Waals surface area contributed by atoms with Crippen LogP contribution in [0.5, 0.6) is 0 Å². The highest BCUT2D eigenvalue weighted by atomic mass is 16.4. The third-order valence-electron chi connectivity index (χ3n) is 1.06. The number of carbonyl (C=O) groups is 2. The zero-order valence-corrected chi connectivity index (χ0v) is 6.28. The number of nitrogens with two attached hydrogens (primary N) is 1. The highest BCUT2D eigenvalue weighted by Crippen LogP contribution is 1.84. The Morgan fingerprint density at radius 3 is 2.67 bits per heavy atom. The number of nitrogens with one attached hydrogen (secondary N) is 1. The molecule has 1 amide bonds. The summed E-state index contributed by atoms with van der Waals surface area (Å²) in [6, 6.07) is 0.753. The predicted molar refractivity (Wildman–Crippen MR) is 38.9 cm³/mol. The number of hydrogen-bond acceptors (Lipinski definition) is 4. The number of aliphatic carboxylic acids is 1. The smallest absolute Gasteiger partial charge is 0.322 e. The molecular formula is C6H9N3O3. The molecule has 0 aliphatic carbocycles. The molecule has 0 aliphatic heterocycles. The van der Waals surface area contributed by atoms with Crippen LogP contribution in [0.25, 0.3) is 0 Å². The first kappa shape index (κ1) is 10.4. The van der Waals surface area contributed by atoms with Gasteiger partial charge in [0.25, 0.3) is 0 Å². The van der Waals surface area contributed by atoms with Gasteiger partial charge in [-0.15, -0.1) is 0 Å². The first-order valence-electron chi connectivity index (χ1n) is 3.20. The van der Waals surface area contributed by atoms with Crippen molar-refractivity contribution in [1.82, 2.24) is 5.32 Å². The van der Waals surface area contributed by atoms with E-state index < -0.39 is 24.5 Å². The van der Waals surface area contributed by atoms with Crippen molar-refractivity contribution in [2.75, 3.05) is 6.54 Å². The summed E-state index contributed by atoms with van der Waals surface area (Å²) in [7, 11) is 0. The van der Waals surface area contributed by atoms with E-state index in [-0.39, 0.29) is 6.42 Å². The Morgan fingerprint density at radius 1 is 1.67 bits per heavy atom. The number of amides is 1. The molecule has 0 saturated heterocycles. The van der Waals surface area contributed by atoms with Gasteiger partial charge in [0.2, 0.25) is 5.91 Å². The van der Waals surface area contributed by atoms with Gasteiger partial charge in [0.05, 0.1) is 18.5 Å². The molecule has 12 heavy (non-hydrogen) atoms. The van der Waals surface area contributed by atoms with E-state index in [4.69, 9.17) is 16.1 Å². The van der Waals surface area contributed by atoms with E-state index in [9.17, 15) is 9.59 Å². The number of rotatable bonds is 4. The lowest BCUT2D eigenvalue weighted by Gasteiger charge is -2.05. The molecular weight excluding hydrogens is 162 g/mol. The molecule has 0 radical (unpaired) electrons. The molecule has 0 fully saturated rings. The van der Waals surface area contributed by atoms with Gasteiger partial charge in [-0.3, -0.25) is 9.59 Å². The van der Waals surface area contributed by atoms with Crippen molar-refractivity contribution in [2.24, 2.45) is 5.73 Å². The summed E-state index contributed by atoms with van der Waals surface area (Å²) in [5.41, 5.74) is 5.19. The lowest BCUT2D eigenvalue weighted by atomic mass is 10.2. The monoisotopic (exact) mass is 171 g/mol. The lowest BCUT2D eigenvalue weighted by molar-refractivity contribution is -0.138. The van der Waals surface area contributed by atoms with Crippen molar-refractivity contribution in [2.45, 2.75) is 12.5 Å². The molecule has 6 heteroatoms. The molecule has 66 valence electrons. The average Bonchev–Trinajstić information content (AvgIpc) is 2.00. The van der Waals surface area contributed by atoms with E-state index in [1.165, 1.54) is 0 Å². The second-order valence-electron chi connectivity index (χ2n) is 2.08. The summed E-state index contributed by atoms with van der Waals surface area (Å²) in [4.78, 5) is 20.8. The number of carboxylic acid groups (broad SMARTS) is 1. The summed E-state index contributed by atoms with van der Waals surface area (Å²) < 4.78 is 0. The summed E-state index contributed by atoms with van der Waals surface area (Å²) in [6.07, 6.45) is -0.120. The largest absolute Gasteiger partial charge is 0.480 e. The molecule has 6 nitrogen and oxygen atoms in total. The van der Waals surface area contributed by atoms with Gasteiger partial charge in [0.1, 0.15) is 6.54 Å². The number of nitriles is 1. The van der Waals surface area contributed by atoms with E-state index >= 15 is 0 Å². The zero-order chi connectivity index (χ0) is 9.56. The topological polar surface area (TPSA) is 116 Å². The fourth-order valence-corrected chi connectivity index (χ4v) is 0.485. The van der Waals surface area contributed by atoms with Crippen LogP contribution in [0.15, 0.2) is 0 Å². The van der Waals surface area contributed by atoms with Crippen LogP contribution in [0.2, 0.25) is 0 Å². The molecule has 1 atom stereocenters. The Hall–Kier alpha value is -1.61. The molecule has 0 aromatic carbocycles. The third kappa shape index (κ3) is 4.24. The minimum absolute atomic E-state index is 0.120. The van der Waals surface area contributed by atoms with Gasteiger partial charge in [0.15, 0.2) is 0 Å². The van der Waals surface area contributed by atoms with Crippen molar-refractivity contribution in [3.8, 4) is 6.07 Å². The van der Waals surface area contributed by atoms with E-state index in [1.54, 1.807) is 6.07 Å². The van der Waals surface area contributed by atoms with Crippen LogP contribution >= 0.6 is 0 Å². The molecule has 0 rings (SSSR count). The van der Waals surface area contributed by atoms with Crippen molar-refractivity contribution in [3.05, 3.63) is 0 Å². The minimum Gasteiger partial charge on any atom is -0.480 e. The summed E-state index contributed by atoms with van der Waals surface area (Å²) in [6.45, 7) is -0.474. The zero-order valence-electron chi connectivity index (χ0n) is 6.28. The normalized spacial score (nSPS) is 11.3. The summed E-state index contributed by atoms with van der Waals surface area (Å²) >= 11 is 0. The van der Waals surface area contributed by atoms with Crippen LogP contribution in [-0.2, 0) is 9.59 Å². The summed E-state index contributed by atoms with van der Waals surface area (Å²) in [5.74, 6) is -1.77. The minimum atomic E-state index is -1.15. The van der Waals surface area contributed by atoms with Gasteiger partial charge in [-0.2, -0.15) is 5.26 Å². The van der Waals surface area contributed by atoms with Crippen molar-refractivity contribution in [3.63, 3.8) is 0 Å². The molecule has 0 aromatic rings. The second kappa shape index (κ2) is 5.09. The average molecular weight is 171 g/mol. The Balaban J connectivity index is 3.73. The maximum Gasteiger partial charge on any atom is 0.322 e. The van der Waals surface area contributed by atoms with Gasteiger partial charge in [-0.1, -0.05) is 0 Å². The fourth-order valence-electron chi connectivity index (χ4n) is 0.485. The van der Waals surface area contributed by atoms with Crippen LogP contribution < -0.4 is 11.1 Å². The van der Waals surface area contributed by atoms with Crippen LogP contribution in [0.1, 0.15) is 6.42 Å². The van der Waals surface area contributed by atoms with Gasteiger partial charge >= 0.3 is 5.97 Å². The van der Waals surface area contributed by atoms with Crippen LogP contribution in [-0.4, -0.2) is 29.6 Å². The number of hydrogen-bond donors (Lipinski definition) is 3. The van der Waals surface area contributed by atoms with Gasteiger partial charge in [-0.25, -0.2) is 0 Å². The summed E-state index contributed by atoms with van der Waals surface area (Å²) in [5, 5.41) is 18.3. The molecule has 0 aliphatic rings. The van der Waals surface area contributed by atoms with Crippen LogP contribution in [0.3, 0.4) is 0 Å². The first-order chi connectivity index (χ1) is 5.57. The molecule has 0 aromatic heterocycles. The lowest BCUT2D eigenvalue weighted by Crippen LogP contribution is -2.42. The highest BCUT2D eigenvalue weighted by molar-refractivity contribution is 5.85.